The molecular weight excluding hydrogens is 400 g/mol. The van der Waals surface area contributed by atoms with Crippen LogP contribution < -0.4 is 9.62 Å². The number of carbonyl (C=O) groups is 1. The molecule has 0 bridgehead atoms. The van der Waals surface area contributed by atoms with Crippen LogP contribution in [0, 0.1) is 0 Å². The van der Waals surface area contributed by atoms with Gasteiger partial charge in [-0.05, 0) is 53.9 Å². The second kappa shape index (κ2) is 7.33. The summed E-state index contributed by atoms with van der Waals surface area (Å²) in [6.45, 7) is 0.519. The lowest BCUT2D eigenvalue weighted by Crippen LogP contribution is -2.28. The van der Waals surface area contributed by atoms with Crippen LogP contribution in [0.1, 0.15) is 21.7 Å². The second-order valence-electron chi connectivity index (χ2n) is 6.48. The van der Waals surface area contributed by atoms with Gasteiger partial charge in [0, 0.05) is 22.9 Å². The Bertz CT molecular complexity index is 1130. The summed E-state index contributed by atoms with van der Waals surface area (Å²) in [7, 11) is -3.62. The van der Waals surface area contributed by atoms with E-state index >= 15 is 0 Å². The molecule has 1 N–H and O–H groups in total. The summed E-state index contributed by atoms with van der Waals surface area (Å²) < 4.78 is 32.8. The van der Waals surface area contributed by atoms with Crippen molar-refractivity contribution in [2.45, 2.75) is 12.2 Å². The van der Waals surface area contributed by atoms with E-state index < -0.39 is 10.0 Å². The van der Waals surface area contributed by atoms with E-state index in [1.54, 1.807) is 59.5 Å². The van der Waals surface area contributed by atoms with E-state index in [1.807, 2.05) is 0 Å². The molecule has 1 aromatic heterocycles. The molecule has 4 rings (SSSR count). The summed E-state index contributed by atoms with van der Waals surface area (Å²) in [4.78, 5) is 14.2. The molecule has 0 spiro atoms. The number of halogens is 1. The van der Waals surface area contributed by atoms with E-state index in [9.17, 15) is 13.2 Å². The molecule has 1 amide bonds. The van der Waals surface area contributed by atoms with Crippen molar-refractivity contribution in [1.82, 2.24) is 0 Å². The Hall–Kier alpha value is -2.77. The van der Waals surface area contributed by atoms with Crippen LogP contribution in [0.25, 0.3) is 0 Å². The van der Waals surface area contributed by atoms with E-state index in [4.69, 9.17) is 16.0 Å². The molecule has 3 aromatic rings. The SMILES string of the molecule is O=C(c1ccco1)N1CCc2cc(NS(=O)(=O)Cc3ccccc3Cl)ccc21. The minimum Gasteiger partial charge on any atom is -0.459 e. The van der Waals surface area contributed by atoms with Gasteiger partial charge in [0.1, 0.15) is 0 Å². The highest BCUT2D eigenvalue weighted by Gasteiger charge is 2.27. The summed E-state index contributed by atoms with van der Waals surface area (Å²) in [6.07, 6.45) is 2.10. The Morgan fingerprint density at radius 2 is 1.96 bits per heavy atom. The van der Waals surface area contributed by atoms with Gasteiger partial charge in [-0.15, -0.1) is 0 Å². The van der Waals surface area contributed by atoms with Crippen molar-refractivity contribution < 1.29 is 17.6 Å². The third-order valence-corrected chi connectivity index (χ3v) is 6.14. The largest absolute Gasteiger partial charge is 0.459 e. The van der Waals surface area contributed by atoms with E-state index in [0.717, 1.165) is 11.3 Å². The number of furan rings is 1. The zero-order chi connectivity index (χ0) is 19.7. The minimum atomic E-state index is -3.62. The Morgan fingerprint density at radius 3 is 2.71 bits per heavy atom. The lowest BCUT2D eigenvalue weighted by atomic mass is 10.1. The molecule has 144 valence electrons. The molecule has 2 heterocycles. The van der Waals surface area contributed by atoms with Gasteiger partial charge in [0.15, 0.2) is 5.76 Å². The first kappa shape index (κ1) is 18.6. The van der Waals surface area contributed by atoms with Crippen molar-refractivity contribution in [1.29, 1.82) is 0 Å². The van der Waals surface area contributed by atoms with Crippen LogP contribution in [0.2, 0.25) is 5.02 Å². The van der Waals surface area contributed by atoms with Gasteiger partial charge in [-0.25, -0.2) is 8.42 Å². The lowest BCUT2D eigenvalue weighted by Gasteiger charge is -2.16. The van der Waals surface area contributed by atoms with Gasteiger partial charge in [0.25, 0.3) is 5.91 Å². The molecule has 0 saturated heterocycles. The van der Waals surface area contributed by atoms with Gasteiger partial charge >= 0.3 is 0 Å². The predicted molar refractivity (Wildman–Crippen MR) is 108 cm³/mol. The Balaban J connectivity index is 1.52. The fraction of sp³-hybridized carbons (Fsp3) is 0.150. The molecular formula is C20H17ClN2O4S. The molecule has 0 saturated carbocycles. The highest BCUT2D eigenvalue weighted by molar-refractivity contribution is 7.91. The molecule has 0 unspecified atom stereocenters. The molecule has 0 fully saturated rings. The summed E-state index contributed by atoms with van der Waals surface area (Å²) >= 11 is 6.06. The quantitative estimate of drug-likeness (QED) is 0.679. The maximum Gasteiger partial charge on any atom is 0.293 e. The van der Waals surface area contributed by atoms with Crippen molar-refractivity contribution in [3.63, 3.8) is 0 Å². The maximum atomic E-state index is 12.5. The van der Waals surface area contributed by atoms with Crippen LogP contribution in [-0.2, 0) is 22.2 Å². The Labute approximate surface area is 167 Å². The van der Waals surface area contributed by atoms with Gasteiger partial charge in [-0.1, -0.05) is 29.8 Å². The Kier molecular flexibility index (Phi) is 4.87. The Morgan fingerprint density at radius 1 is 1.14 bits per heavy atom. The van der Waals surface area contributed by atoms with Gasteiger partial charge in [0.2, 0.25) is 10.0 Å². The molecule has 28 heavy (non-hydrogen) atoms. The molecule has 2 aromatic carbocycles. The van der Waals surface area contributed by atoms with Gasteiger partial charge in [-0.3, -0.25) is 9.52 Å². The number of benzene rings is 2. The fourth-order valence-electron chi connectivity index (χ4n) is 3.25. The molecule has 6 nitrogen and oxygen atoms in total. The van der Waals surface area contributed by atoms with Crippen LogP contribution in [0.15, 0.2) is 65.3 Å². The van der Waals surface area contributed by atoms with Crippen molar-refractivity contribution in [2.24, 2.45) is 0 Å². The molecule has 0 radical (unpaired) electrons. The molecule has 1 aliphatic heterocycles. The van der Waals surface area contributed by atoms with Crippen molar-refractivity contribution in [2.75, 3.05) is 16.2 Å². The standard InChI is InChI=1S/C20H17ClN2O4S/c21-17-5-2-1-4-15(17)13-28(25,26)22-16-7-8-18-14(12-16)9-10-23(18)20(24)19-6-3-11-27-19/h1-8,11-12,22H,9-10,13H2. The van der Waals surface area contributed by atoms with Crippen molar-refractivity contribution in [3.8, 4) is 0 Å². The smallest absolute Gasteiger partial charge is 0.293 e. The fourth-order valence-corrected chi connectivity index (χ4v) is 4.75. The van der Waals surface area contributed by atoms with Crippen LogP contribution in [-0.4, -0.2) is 20.9 Å². The summed E-state index contributed by atoms with van der Waals surface area (Å²) in [5.41, 5.74) is 2.65. The van der Waals surface area contributed by atoms with E-state index in [2.05, 4.69) is 4.72 Å². The summed E-state index contributed by atoms with van der Waals surface area (Å²) in [5.74, 6) is -0.152. The number of carbonyl (C=O) groups excluding carboxylic acids is 1. The highest BCUT2D eigenvalue weighted by atomic mass is 35.5. The first-order valence-corrected chi connectivity index (χ1v) is 10.7. The summed E-state index contributed by atoms with van der Waals surface area (Å²) in [5, 5.41) is 0.411. The number of fused-ring (bicyclic) bond motifs is 1. The molecule has 0 atom stereocenters. The number of sulfonamides is 1. The predicted octanol–water partition coefficient (Wildman–Crippen LogP) is 4.08. The van der Waals surface area contributed by atoms with Crippen LogP contribution in [0.5, 0.6) is 0 Å². The topological polar surface area (TPSA) is 79.6 Å². The lowest BCUT2D eigenvalue weighted by molar-refractivity contribution is 0.0963. The van der Waals surface area contributed by atoms with Gasteiger partial charge in [0.05, 0.1) is 12.0 Å². The minimum absolute atomic E-state index is 0.212. The highest BCUT2D eigenvalue weighted by Crippen LogP contribution is 2.32. The van der Waals surface area contributed by atoms with Crippen LogP contribution in [0.3, 0.4) is 0 Å². The number of anilines is 2. The van der Waals surface area contributed by atoms with E-state index in [-0.39, 0.29) is 17.4 Å². The first-order chi connectivity index (χ1) is 13.4. The van der Waals surface area contributed by atoms with Crippen LogP contribution >= 0.6 is 11.6 Å². The molecule has 1 aliphatic rings. The third-order valence-electron chi connectivity index (χ3n) is 4.53. The number of nitrogens with zero attached hydrogens (tertiary/aromatic N) is 1. The van der Waals surface area contributed by atoms with Crippen molar-refractivity contribution in [3.05, 3.63) is 82.8 Å². The monoisotopic (exact) mass is 416 g/mol. The van der Waals surface area contributed by atoms with Crippen molar-refractivity contribution >= 4 is 38.9 Å². The average molecular weight is 417 g/mol. The van der Waals surface area contributed by atoms with Crippen LogP contribution in [0.4, 0.5) is 11.4 Å². The summed E-state index contributed by atoms with van der Waals surface area (Å²) in [6, 6.07) is 15.3. The number of amides is 1. The number of rotatable bonds is 5. The van der Waals surface area contributed by atoms with Gasteiger partial charge < -0.3 is 9.32 Å². The average Bonchev–Trinajstić information content (AvgIpc) is 3.32. The number of hydrogen-bond donors (Lipinski definition) is 1. The second-order valence-corrected chi connectivity index (χ2v) is 8.61. The third kappa shape index (κ3) is 3.76. The van der Waals surface area contributed by atoms with E-state index in [1.165, 1.54) is 6.26 Å². The maximum absolute atomic E-state index is 12.5. The van der Waals surface area contributed by atoms with E-state index in [0.29, 0.717) is 29.2 Å². The zero-order valence-corrected chi connectivity index (χ0v) is 16.3. The molecule has 8 heteroatoms. The molecule has 0 aliphatic carbocycles. The zero-order valence-electron chi connectivity index (χ0n) is 14.8. The number of hydrogen-bond acceptors (Lipinski definition) is 4. The normalized spacial score (nSPS) is 13.4. The van der Waals surface area contributed by atoms with Gasteiger partial charge in [-0.2, -0.15) is 0 Å². The first-order valence-electron chi connectivity index (χ1n) is 8.65. The number of nitrogens with one attached hydrogen (secondary N) is 1.